The van der Waals surface area contributed by atoms with Gasteiger partial charge in [0.25, 0.3) is 5.91 Å². The fourth-order valence-corrected chi connectivity index (χ4v) is 1.62. The lowest BCUT2D eigenvalue weighted by molar-refractivity contribution is 0.0987. The number of para-hydroxylation sites is 1. The van der Waals surface area contributed by atoms with E-state index in [2.05, 4.69) is 9.97 Å². The van der Waals surface area contributed by atoms with Crippen molar-refractivity contribution in [2.45, 2.75) is 6.92 Å². The molecule has 1 aromatic heterocycles. The molecule has 0 aliphatic carbocycles. The van der Waals surface area contributed by atoms with Crippen LogP contribution in [0.4, 0.5) is 5.69 Å². The zero-order valence-corrected chi connectivity index (χ0v) is 9.58. The molecule has 0 bridgehead atoms. The van der Waals surface area contributed by atoms with Gasteiger partial charge in [0.15, 0.2) is 0 Å². The van der Waals surface area contributed by atoms with Crippen LogP contribution >= 0.6 is 0 Å². The van der Waals surface area contributed by atoms with Crippen molar-refractivity contribution in [3.63, 3.8) is 0 Å². The summed E-state index contributed by atoms with van der Waals surface area (Å²) in [5.74, 6) is -0.0840. The molecule has 0 aliphatic heterocycles. The summed E-state index contributed by atoms with van der Waals surface area (Å²) in [6.45, 7) is 2.55. The predicted octanol–water partition coefficient (Wildman–Crippen LogP) is 2.14. The number of rotatable bonds is 3. The van der Waals surface area contributed by atoms with Crippen LogP contribution in [0.1, 0.15) is 17.3 Å². The molecule has 86 valence electrons. The van der Waals surface area contributed by atoms with E-state index in [1.807, 2.05) is 37.3 Å². The Morgan fingerprint density at radius 1 is 1.18 bits per heavy atom. The van der Waals surface area contributed by atoms with Crippen LogP contribution in [-0.4, -0.2) is 22.4 Å². The van der Waals surface area contributed by atoms with Gasteiger partial charge in [0, 0.05) is 24.6 Å². The van der Waals surface area contributed by atoms with E-state index >= 15 is 0 Å². The summed E-state index contributed by atoms with van der Waals surface area (Å²) in [7, 11) is 0. The Morgan fingerprint density at radius 3 is 2.41 bits per heavy atom. The minimum absolute atomic E-state index is 0.0840. The smallest absolute Gasteiger partial charge is 0.261 e. The molecule has 17 heavy (non-hydrogen) atoms. The van der Waals surface area contributed by atoms with Crippen molar-refractivity contribution in [3.8, 4) is 0 Å². The van der Waals surface area contributed by atoms with Gasteiger partial charge >= 0.3 is 0 Å². The van der Waals surface area contributed by atoms with Gasteiger partial charge in [-0.15, -0.1) is 0 Å². The molecule has 0 spiro atoms. The Morgan fingerprint density at radius 2 is 1.82 bits per heavy atom. The molecule has 2 rings (SSSR count). The van der Waals surface area contributed by atoms with Crippen molar-refractivity contribution < 1.29 is 4.79 Å². The SMILES string of the molecule is CCN(C(=O)c1cncnc1)c1ccccc1. The van der Waals surface area contributed by atoms with Crippen LogP contribution in [0.2, 0.25) is 0 Å². The summed E-state index contributed by atoms with van der Waals surface area (Å²) in [5, 5.41) is 0. The third-order valence-corrected chi connectivity index (χ3v) is 2.44. The lowest BCUT2D eigenvalue weighted by Crippen LogP contribution is -2.30. The first-order chi connectivity index (χ1) is 8.33. The molecule has 0 aliphatic rings. The maximum absolute atomic E-state index is 12.2. The second kappa shape index (κ2) is 5.21. The van der Waals surface area contributed by atoms with Gasteiger partial charge in [-0.05, 0) is 19.1 Å². The summed E-state index contributed by atoms with van der Waals surface area (Å²) < 4.78 is 0. The number of hydrogen-bond acceptors (Lipinski definition) is 3. The summed E-state index contributed by atoms with van der Waals surface area (Å²) in [5.41, 5.74) is 1.38. The monoisotopic (exact) mass is 227 g/mol. The van der Waals surface area contributed by atoms with Crippen molar-refractivity contribution >= 4 is 11.6 Å². The van der Waals surface area contributed by atoms with E-state index in [-0.39, 0.29) is 5.91 Å². The number of anilines is 1. The summed E-state index contributed by atoms with van der Waals surface area (Å²) in [6.07, 6.45) is 4.47. The van der Waals surface area contributed by atoms with E-state index < -0.39 is 0 Å². The van der Waals surface area contributed by atoms with E-state index in [1.54, 1.807) is 4.90 Å². The summed E-state index contributed by atoms with van der Waals surface area (Å²) >= 11 is 0. The molecular formula is C13H13N3O. The number of carbonyl (C=O) groups excluding carboxylic acids is 1. The number of carbonyl (C=O) groups is 1. The topological polar surface area (TPSA) is 46.1 Å². The summed E-state index contributed by atoms with van der Waals surface area (Å²) in [4.78, 5) is 21.6. The first kappa shape index (κ1) is 11.3. The average Bonchev–Trinajstić information content (AvgIpc) is 2.42. The Balaban J connectivity index is 2.29. The molecule has 1 amide bonds. The maximum atomic E-state index is 12.2. The van der Waals surface area contributed by atoms with Crippen LogP contribution in [0.5, 0.6) is 0 Å². The fourth-order valence-electron chi connectivity index (χ4n) is 1.62. The molecule has 0 saturated heterocycles. The molecule has 1 heterocycles. The van der Waals surface area contributed by atoms with Crippen molar-refractivity contribution in [2.24, 2.45) is 0 Å². The van der Waals surface area contributed by atoms with Gasteiger partial charge in [-0.1, -0.05) is 18.2 Å². The highest BCUT2D eigenvalue weighted by molar-refractivity contribution is 6.05. The Labute approximate surface area is 99.9 Å². The van der Waals surface area contributed by atoms with Crippen LogP contribution in [-0.2, 0) is 0 Å². The molecule has 0 unspecified atom stereocenters. The molecular weight excluding hydrogens is 214 g/mol. The maximum Gasteiger partial charge on any atom is 0.261 e. The fraction of sp³-hybridized carbons (Fsp3) is 0.154. The highest BCUT2D eigenvalue weighted by Crippen LogP contribution is 2.15. The standard InChI is InChI=1S/C13H13N3O/c1-2-16(12-6-4-3-5-7-12)13(17)11-8-14-10-15-9-11/h3-10H,2H2,1H3. The van der Waals surface area contributed by atoms with E-state index in [4.69, 9.17) is 0 Å². The van der Waals surface area contributed by atoms with Crippen LogP contribution in [0.3, 0.4) is 0 Å². The number of benzene rings is 1. The largest absolute Gasteiger partial charge is 0.309 e. The molecule has 0 N–H and O–H groups in total. The van der Waals surface area contributed by atoms with E-state index in [9.17, 15) is 4.79 Å². The lowest BCUT2D eigenvalue weighted by Gasteiger charge is -2.20. The Kier molecular flexibility index (Phi) is 3.45. The normalized spacial score (nSPS) is 9.94. The minimum atomic E-state index is -0.0840. The first-order valence-corrected chi connectivity index (χ1v) is 5.45. The number of nitrogens with zero attached hydrogens (tertiary/aromatic N) is 3. The van der Waals surface area contributed by atoms with Gasteiger partial charge in [0.05, 0.1) is 5.56 Å². The Bertz CT molecular complexity index is 485. The summed E-state index contributed by atoms with van der Waals surface area (Å²) in [6, 6.07) is 9.56. The van der Waals surface area contributed by atoms with Crippen molar-refractivity contribution in [2.75, 3.05) is 11.4 Å². The minimum Gasteiger partial charge on any atom is -0.309 e. The second-order valence-corrected chi connectivity index (χ2v) is 3.51. The van der Waals surface area contributed by atoms with Crippen LogP contribution in [0.15, 0.2) is 49.1 Å². The third-order valence-electron chi connectivity index (χ3n) is 2.44. The molecule has 0 fully saturated rings. The predicted molar refractivity (Wildman–Crippen MR) is 65.8 cm³/mol. The van der Waals surface area contributed by atoms with Gasteiger partial charge in [0.2, 0.25) is 0 Å². The molecule has 0 saturated carbocycles. The molecule has 0 radical (unpaired) electrons. The van der Waals surface area contributed by atoms with E-state index in [0.717, 1.165) is 5.69 Å². The second-order valence-electron chi connectivity index (χ2n) is 3.51. The molecule has 2 aromatic rings. The van der Waals surface area contributed by atoms with E-state index in [0.29, 0.717) is 12.1 Å². The average molecular weight is 227 g/mol. The van der Waals surface area contributed by atoms with Crippen molar-refractivity contribution in [1.29, 1.82) is 0 Å². The van der Waals surface area contributed by atoms with Crippen LogP contribution in [0, 0.1) is 0 Å². The third kappa shape index (κ3) is 2.47. The van der Waals surface area contributed by atoms with Gasteiger partial charge in [-0.25, -0.2) is 9.97 Å². The quantitative estimate of drug-likeness (QED) is 0.807. The van der Waals surface area contributed by atoms with Gasteiger partial charge in [0.1, 0.15) is 6.33 Å². The van der Waals surface area contributed by atoms with Gasteiger partial charge < -0.3 is 4.90 Å². The molecule has 4 heteroatoms. The van der Waals surface area contributed by atoms with Crippen LogP contribution in [0.25, 0.3) is 0 Å². The van der Waals surface area contributed by atoms with Crippen molar-refractivity contribution in [1.82, 2.24) is 9.97 Å². The first-order valence-electron chi connectivity index (χ1n) is 5.45. The van der Waals surface area contributed by atoms with Gasteiger partial charge in [-0.2, -0.15) is 0 Å². The zero-order valence-electron chi connectivity index (χ0n) is 9.58. The van der Waals surface area contributed by atoms with Crippen molar-refractivity contribution in [3.05, 3.63) is 54.6 Å². The Hall–Kier alpha value is -2.23. The molecule has 0 atom stereocenters. The lowest BCUT2D eigenvalue weighted by atomic mass is 10.2. The highest BCUT2D eigenvalue weighted by Gasteiger charge is 2.15. The van der Waals surface area contributed by atoms with Crippen LogP contribution < -0.4 is 4.90 Å². The zero-order chi connectivity index (χ0) is 12.1. The van der Waals surface area contributed by atoms with E-state index in [1.165, 1.54) is 18.7 Å². The number of amides is 1. The number of hydrogen-bond donors (Lipinski definition) is 0. The number of aromatic nitrogens is 2. The molecule has 4 nitrogen and oxygen atoms in total. The van der Waals surface area contributed by atoms with Gasteiger partial charge in [-0.3, -0.25) is 4.79 Å². The highest BCUT2D eigenvalue weighted by atomic mass is 16.2. The molecule has 1 aromatic carbocycles.